The number of H-pyrrole nitrogens is 2. The third-order valence-electron chi connectivity index (χ3n) is 9.17. The maximum Gasteiger partial charge on any atom is 0.345 e. The zero-order valence-corrected chi connectivity index (χ0v) is 37.0. The van der Waals surface area contributed by atoms with Crippen LogP contribution in [0.2, 0.25) is 0 Å². The van der Waals surface area contributed by atoms with Crippen molar-refractivity contribution in [3.8, 4) is 0 Å². The van der Waals surface area contributed by atoms with Gasteiger partial charge in [-0.1, -0.05) is 34.4 Å². The summed E-state index contributed by atoms with van der Waals surface area (Å²) in [6, 6.07) is 16.7. The SMILES string of the molecule is C.C.C.CCOP(=O)(CCC[C@H](NC(=O)c1ccc(N(C)Cc2ccc3nc(C)[nH]c(=O)c3c2)s1)C(=O)O)OCC.Cc1nc2ccc(CN(C)c3ccc(C(=O)O)s3)cc2c(=O)[nH]1. The minimum Gasteiger partial charge on any atom is -0.480 e. The summed E-state index contributed by atoms with van der Waals surface area (Å²) in [5.74, 6) is -1.46. The lowest BCUT2D eigenvalue weighted by Gasteiger charge is -2.19. The van der Waals surface area contributed by atoms with Crippen LogP contribution in [0, 0.1) is 13.8 Å². The van der Waals surface area contributed by atoms with Crippen molar-refractivity contribution in [3.05, 3.63) is 114 Å². The maximum atomic E-state index is 12.8. The highest BCUT2D eigenvalue weighted by atomic mass is 32.1. The van der Waals surface area contributed by atoms with E-state index in [1.54, 1.807) is 58.0 Å². The fraction of sp³-hybridized carbons (Fsp3) is 0.386. The van der Waals surface area contributed by atoms with Crippen molar-refractivity contribution < 1.29 is 38.2 Å². The zero-order chi connectivity index (χ0) is 44.4. The number of amides is 1. The number of carbonyl (C=O) groups is 3. The van der Waals surface area contributed by atoms with Crippen molar-refractivity contribution in [1.29, 1.82) is 0 Å². The number of nitrogens with one attached hydrogen (secondary N) is 3. The number of carboxylic acids is 2. The van der Waals surface area contributed by atoms with Crippen LogP contribution in [0.4, 0.5) is 10.0 Å². The Hall–Kier alpha value is -5.72. The molecule has 0 bridgehead atoms. The van der Waals surface area contributed by atoms with E-state index in [0.29, 0.717) is 56.3 Å². The first-order chi connectivity index (χ1) is 29.0. The average molecular weight is 942 g/mol. The van der Waals surface area contributed by atoms with Gasteiger partial charge in [-0.25, -0.2) is 19.6 Å². The lowest BCUT2D eigenvalue weighted by molar-refractivity contribution is -0.139. The van der Waals surface area contributed by atoms with Crippen molar-refractivity contribution in [1.82, 2.24) is 25.3 Å². The monoisotopic (exact) mass is 941 g/mol. The van der Waals surface area contributed by atoms with Gasteiger partial charge < -0.3 is 44.3 Å². The molecule has 4 heterocycles. The van der Waals surface area contributed by atoms with Gasteiger partial charge in [0.15, 0.2) is 0 Å². The number of carbonyl (C=O) groups excluding carboxylic acids is 1. The zero-order valence-electron chi connectivity index (χ0n) is 34.5. The predicted octanol–water partition coefficient (Wildman–Crippen LogP) is 8.69. The Kier molecular flexibility index (Phi) is 20.7. The first kappa shape index (κ1) is 54.4. The molecule has 17 nitrogen and oxygen atoms in total. The highest BCUT2D eigenvalue weighted by Crippen LogP contribution is 2.48. The number of hydrogen-bond donors (Lipinski definition) is 5. The van der Waals surface area contributed by atoms with Crippen LogP contribution in [-0.4, -0.2) is 87.5 Å². The van der Waals surface area contributed by atoms with E-state index in [9.17, 15) is 33.6 Å². The number of fused-ring (bicyclic) bond motifs is 2. The second-order valence-electron chi connectivity index (χ2n) is 14.0. The van der Waals surface area contributed by atoms with Crippen LogP contribution < -0.4 is 26.2 Å². The van der Waals surface area contributed by atoms with Crippen LogP contribution in [0.1, 0.15) is 91.1 Å². The van der Waals surface area contributed by atoms with Crippen molar-refractivity contribution in [2.24, 2.45) is 0 Å². The fourth-order valence-electron chi connectivity index (χ4n) is 6.34. The molecule has 5 N–H and O–H groups in total. The Bertz CT molecular complexity index is 2690. The summed E-state index contributed by atoms with van der Waals surface area (Å²) in [4.78, 5) is 78.4. The minimum absolute atomic E-state index is 0. The van der Waals surface area contributed by atoms with Crippen molar-refractivity contribution in [2.45, 2.75) is 81.9 Å². The van der Waals surface area contributed by atoms with Gasteiger partial charge in [0, 0.05) is 27.2 Å². The number of aryl methyl sites for hydroxylation is 2. The van der Waals surface area contributed by atoms with Crippen molar-refractivity contribution >= 4 is 79.9 Å². The predicted molar refractivity (Wildman–Crippen MR) is 258 cm³/mol. The van der Waals surface area contributed by atoms with Gasteiger partial charge in [-0.15, -0.1) is 22.7 Å². The molecule has 2 aromatic carbocycles. The first-order valence-corrected chi connectivity index (χ1v) is 22.6. The molecule has 348 valence electrons. The molecule has 1 amide bonds. The number of hydrogen-bond acceptors (Lipinski definition) is 14. The summed E-state index contributed by atoms with van der Waals surface area (Å²) in [7, 11) is 0.468. The molecular formula is C44H60N7O10PS2. The summed E-state index contributed by atoms with van der Waals surface area (Å²) in [6.45, 7) is 8.40. The Morgan fingerprint density at radius 1 is 0.750 bits per heavy atom. The summed E-state index contributed by atoms with van der Waals surface area (Å²) in [5.41, 5.74) is 2.81. The standard InChI is InChI=1S/C25H33N4O7PS.C16H15N3O3S.3CH4/c1-5-35-37(34,36-6-2)13-7-8-20(25(32)33)28-24(31)21-11-12-22(38-21)29(4)15-17-9-10-19-18(14-17)23(30)27-16(3)26-19;1-9-17-12-4-3-10(7-11(12)15(20)18-9)8-19(2)14-6-5-13(23-14)16(21)22;;;/h9-12,14,20H,5-8,13,15H2,1-4H3,(H,28,31)(H,32,33)(H,26,27,30);3-7H,8H2,1-2H3,(H,21,22)(H,17,18,20);3*1H4/t20-;;;;/m0..../s1. The van der Waals surface area contributed by atoms with E-state index in [1.165, 1.54) is 22.7 Å². The third kappa shape index (κ3) is 14.4. The number of aliphatic carboxylic acids is 1. The molecule has 1 atom stereocenters. The van der Waals surface area contributed by atoms with Crippen LogP contribution in [0.3, 0.4) is 0 Å². The second-order valence-corrected chi connectivity index (χ2v) is 18.3. The van der Waals surface area contributed by atoms with E-state index in [2.05, 4.69) is 25.3 Å². The van der Waals surface area contributed by atoms with Gasteiger partial charge in [0.1, 0.15) is 22.6 Å². The Balaban J connectivity index is 0.000000465. The van der Waals surface area contributed by atoms with Crippen LogP contribution in [-0.2, 0) is 31.5 Å². The molecule has 0 aliphatic carbocycles. The van der Waals surface area contributed by atoms with Gasteiger partial charge in [0.05, 0.1) is 56.1 Å². The van der Waals surface area contributed by atoms with Gasteiger partial charge in [-0.3, -0.25) is 18.9 Å². The first-order valence-electron chi connectivity index (χ1n) is 19.2. The number of thiophene rings is 2. The van der Waals surface area contributed by atoms with E-state index >= 15 is 0 Å². The summed E-state index contributed by atoms with van der Waals surface area (Å²) in [5, 5.41) is 23.9. The topological polar surface area (TPSA) is 237 Å². The molecule has 0 spiro atoms. The minimum atomic E-state index is -3.29. The number of benzene rings is 2. The summed E-state index contributed by atoms with van der Waals surface area (Å²) in [6.07, 6.45) is 0.397. The Morgan fingerprint density at radius 2 is 1.20 bits per heavy atom. The molecule has 0 radical (unpaired) electrons. The molecule has 64 heavy (non-hydrogen) atoms. The molecule has 0 aliphatic rings. The molecule has 0 saturated carbocycles. The number of rotatable bonds is 18. The van der Waals surface area contributed by atoms with E-state index < -0.39 is 31.5 Å². The molecule has 0 fully saturated rings. The number of aromatic carboxylic acids is 1. The number of anilines is 2. The van der Waals surface area contributed by atoms with Crippen LogP contribution >= 0.6 is 30.3 Å². The largest absolute Gasteiger partial charge is 0.480 e. The van der Waals surface area contributed by atoms with Gasteiger partial charge in [-0.05, 0) is 100 Å². The molecule has 0 unspecified atom stereocenters. The van der Waals surface area contributed by atoms with E-state index in [4.69, 9.17) is 14.2 Å². The van der Waals surface area contributed by atoms with E-state index in [1.807, 2.05) is 54.2 Å². The van der Waals surface area contributed by atoms with Crippen molar-refractivity contribution in [2.75, 3.05) is 43.3 Å². The molecule has 6 aromatic rings. The van der Waals surface area contributed by atoms with Gasteiger partial charge >= 0.3 is 19.5 Å². The Labute approximate surface area is 381 Å². The molecular weight excluding hydrogens is 882 g/mol. The third-order valence-corrected chi connectivity index (χ3v) is 13.7. The average Bonchev–Trinajstić information content (AvgIpc) is 3.91. The normalized spacial score (nSPS) is 11.3. The van der Waals surface area contributed by atoms with Gasteiger partial charge in [0.25, 0.3) is 17.0 Å². The highest BCUT2D eigenvalue weighted by molar-refractivity contribution is 7.53. The quantitative estimate of drug-likeness (QED) is 0.0507. The number of aromatic amines is 2. The molecule has 0 aliphatic heterocycles. The Morgan fingerprint density at radius 3 is 1.62 bits per heavy atom. The molecule has 0 saturated heterocycles. The molecule has 20 heteroatoms. The second kappa shape index (κ2) is 24.4. The van der Waals surface area contributed by atoms with Crippen LogP contribution in [0.5, 0.6) is 0 Å². The number of nitrogens with zero attached hydrogens (tertiary/aromatic N) is 4. The van der Waals surface area contributed by atoms with E-state index in [-0.39, 0.29) is 65.6 Å². The smallest absolute Gasteiger partial charge is 0.345 e. The maximum absolute atomic E-state index is 12.8. The van der Waals surface area contributed by atoms with Crippen LogP contribution in [0.25, 0.3) is 21.8 Å². The van der Waals surface area contributed by atoms with Crippen molar-refractivity contribution in [3.63, 3.8) is 0 Å². The van der Waals surface area contributed by atoms with Crippen LogP contribution in [0.15, 0.2) is 70.3 Å². The highest BCUT2D eigenvalue weighted by Gasteiger charge is 2.27. The van der Waals surface area contributed by atoms with Gasteiger partial charge in [0.2, 0.25) is 0 Å². The van der Waals surface area contributed by atoms with Gasteiger partial charge in [-0.2, -0.15) is 0 Å². The number of carboxylic acid groups (broad SMARTS) is 2. The fourth-order valence-corrected chi connectivity index (χ4v) is 9.71. The summed E-state index contributed by atoms with van der Waals surface area (Å²) < 4.78 is 23.1. The summed E-state index contributed by atoms with van der Waals surface area (Å²) >= 11 is 2.45. The number of aromatic nitrogens is 4. The molecule has 4 aromatic heterocycles. The lowest BCUT2D eigenvalue weighted by atomic mass is 10.1. The molecule has 6 rings (SSSR count). The van der Waals surface area contributed by atoms with E-state index in [0.717, 1.165) is 21.1 Å². The lowest BCUT2D eigenvalue weighted by Crippen LogP contribution is -2.40.